The van der Waals surface area contributed by atoms with Crippen molar-refractivity contribution >= 4 is 5.69 Å². The summed E-state index contributed by atoms with van der Waals surface area (Å²) in [4.78, 5) is 18.6. The van der Waals surface area contributed by atoms with E-state index in [0.717, 1.165) is 18.5 Å². The first-order chi connectivity index (χ1) is 9.63. The lowest BCUT2D eigenvalue weighted by atomic mass is 10.1. The van der Waals surface area contributed by atoms with Gasteiger partial charge in [-0.1, -0.05) is 25.5 Å². The topological polar surface area (TPSA) is 92.7 Å². The molecule has 6 heteroatoms. The highest BCUT2D eigenvalue weighted by Crippen LogP contribution is 2.23. The van der Waals surface area contributed by atoms with E-state index in [0.29, 0.717) is 11.3 Å². The predicted molar refractivity (Wildman–Crippen MR) is 72.8 cm³/mol. The summed E-state index contributed by atoms with van der Waals surface area (Å²) in [6, 6.07) is 9.87. The maximum Gasteiger partial charge on any atom is 0.270 e. The van der Waals surface area contributed by atoms with Gasteiger partial charge >= 0.3 is 0 Å². The van der Waals surface area contributed by atoms with Crippen molar-refractivity contribution in [1.82, 2.24) is 9.97 Å². The number of aromatic nitrogens is 2. The summed E-state index contributed by atoms with van der Waals surface area (Å²) in [5.74, 6) is 0.0810. The zero-order valence-corrected chi connectivity index (χ0v) is 10.9. The standard InChI is InChI=1S/C14H12N4O2/c1-2-4-11-8-13(17-14(9-15)16-11)10-5-3-6-12(7-10)18(19)20/h3,5-8H,2,4H2,1H3. The zero-order valence-electron chi connectivity index (χ0n) is 10.9. The van der Waals surface area contributed by atoms with Crippen LogP contribution in [0.5, 0.6) is 0 Å². The summed E-state index contributed by atoms with van der Waals surface area (Å²) in [6.07, 6.45) is 1.63. The fourth-order valence-corrected chi connectivity index (χ4v) is 1.86. The molecule has 0 atom stereocenters. The van der Waals surface area contributed by atoms with E-state index in [1.54, 1.807) is 18.2 Å². The Morgan fingerprint density at radius 1 is 1.35 bits per heavy atom. The minimum atomic E-state index is -0.456. The minimum absolute atomic E-state index is 0.00309. The Morgan fingerprint density at radius 2 is 2.15 bits per heavy atom. The van der Waals surface area contributed by atoms with Crippen LogP contribution < -0.4 is 0 Å². The zero-order chi connectivity index (χ0) is 14.5. The van der Waals surface area contributed by atoms with E-state index in [9.17, 15) is 10.1 Å². The van der Waals surface area contributed by atoms with Gasteiger partial charge in [-0.05, 0) is 12.5 Å². The number of hydrogen-bond donors (Lipinski definition) is 0. The molecule has 0 spiro atoms. The van der Waals surface area contributed by atoms with E-state index < -0.39 is 4.92 Å². The number of aryl methyl sites for hydroxylation is 1. The molecule has 0 radical (unpaired) electrons. The first-order valence-corrected chi connectivity index (χ1v) is 6.17. The van der Waals surface area contributed by atoms with Crippen molar-refractivity contribution in [2.75, 3.05) is 0 Å². The van der Waals surface area contributed by atoms with Crippen LogP contribution in [0, 0.1) is 21.4 Å². The van der Waals surface area contributed by atoms with Gasteiger partial charge < -0.3 is 0 Å². The Balaban J connectivity index is 2.51. The molecule has 100 valence electrons. The van der Waals surface area contributed by atoms with Gasteiger partial charge in [0, 0.05) is 23.4 Å². The first kappa shape index (κ1) is 13.6. The van der Waals surface area contributed by atoms with Crippen molar-refractivity contribution in [3.05, 3.63) is 52.0 Å². The van der Waals surface area contributed by atoms with Crippen molar-refractivity contribution < 1.29 is 4.92 Å². The van der Waals surface area contributed by atoms with Gasteiger partial charge in [0.25, 0.3) is 5.69 Å². The number of nitriles is 1. The number of nitrogens with zero attached hydrogens (tertiary/aromatic N) is 4. The molecule has 0 amide bonds. The van der Waals surface area contributed by atoms with E-state index in [4.69, 9.17) is 5.26 Å². The third kappa shape index (κ3) is 2.95. The van der Waals surface area contributed by atoms with Crippen molar-refractivity contribution in [3.63, 3.8) is 0 Å². The van der Waals surface area contributed by atoms with E-state index in [2.05, 4.69) is 9.97 Å². The molecule has 0 unspecified atom stereocenters. The van der Waals surface area contributed by atoms with Crippen molar-refractivity contribution in [3.8, 4) is 17.3 Å². The van der Waals surface area contributed by atoms with Crippen LogP contribution in [0.4, 0.5) is 5.69 Å². The summed E-state index contributed by atoms with van der Waals surface area (Å²) in [5, 5.41) is 19.8. The quantitative estimate of drug-likeness (QED) is 0.627. The summed E-state index contributed by atoms with van der Waals surface area (Å²) < 4.78 is 0. The maximum atomic E-state index is 10.8. The molecular weight excluding hydrogens is 256 g/mol. The molecule has 0 aliphatic rings. The Morgan fingerprint density at radius 3 is 2.80 bits per heavy atom. The lowest BCUT2D eigenvalue weighted by Crippen LogP contribution is -1.98. The summed E-state index contributed by atoms with van der Waals surface area (Å²) in [6.45, 7) is 2.02. The average molecular weight is 268 g/mol. The number of rotatable bonds is 4. The van der Waals surface area contributed by atoms with Crippen molar-refractivity contribution in [1.29, 1.82) is 5.26 Å². The molecule has 0 aliphatic carbocycles. The van der Waals surface area contributed by atoms with E-state index >= 15 is 0 Å². The molecule has 0 saturated carbocycles. The van der Waals surface area contributed by atoms with Crippen LogP contribution in [0.2, 0.25) is 0 Å². The molecule has 0 N–H and O–H groups in total. The molecule has 0 saturated heterocycles. The van der Waals surface area contributed by atoms with E-state index in [1.807, 2.05) is 13.0 Å². The SMILES string of the molecule is CCCc1cc(-c2cccc([N+](=O)[O-])c2)nc(C#N)n1. The highest BCUT2D eigenvalue weighted by Gasteiger charge is 2.10. The first-order valence-electron chi connectivity index (χ1n) is 6.17. The molecule has 1 aromatic heterocycles. The van der Waals surface area contributed by atoms with Gasteiger partial charge in [0.1, 0.15) is 6.07 Å². The average Bonchev–Trinajstić information content (AvgIpc) is 2.47. The third-order valence-electron chi connectivity index (χ3n) is 2.74. The van der Waals surface area contributed by atoms with Gasteiger partial charge in [0.2, 0.25) is 5.82 Å². The monoisotopic (exact) mass is 268 g/mol. The lowest BCUT2D eigenvalue weighted by molar-refractivity contribution is -0.384. The van der Waals surface area contributed by atoms with Crippen LogP contribution >= 0.6 is 0 Å². The normalized spacial score (nSPS) is 10.0. The molecule has 1 aromatic carbocycles. The van der Waals surface area contributed by atoms with Crippen LogP contribution in [0.1, 0.15) is 24.9 Å². The van der Waals surface area contributed by atoms with Gasteiger partial charge in [-0.15, -0.1) is 0 Å². The van der Waals surface area contributed by atoms with Crippen LogP contribution in [-0.4, -0.2) is 14.9 Å². The van der Waals surface area contributed by atoms with Gasteiger partial charge in [0.05, 0.1) is 10.6 Å². The van der Waals surface area contributed by atoms with Gasteiger partial charge in [-0.25, -0.2) is 9.97 Å². The molecule has 6 nitrogen and oxygen atoms in total. The minimum Gasteiger partial charge on any atom is -0.258 e. The Kier molecular flexibility index (Phi) is 4.01. The maximum absolute atomic E-state index is 10.8. The van der Waals surface area contributed by atoms with E-state index in [1.165, 1.54) is 12.1 Å². The fraction of sp³-hybridized carbons (Fsp3) is 0.214. The number of non-ortho nitro benzene ring substituents is 1. The van der Waals surface area contributed by atoms with E-state index in [-0.39, 0.29) is 11.5 Å². The van der Waals surface area contributed by atoms with Crippen LogP contribution in [-0.2, 0) is 6.42 Å². The molecule has 20 heavy (non-hydrogen) atoms. The highest BCUT2D eigenvalue weighted by atomic mass is 16.6. The van der Waals surface area contributed by atoms with Crippen molar-refractivity contribution in [2.45, 2.75) is 19.8 Å². The van der Waals surface area contributed by atoms with Crippen molar-refractivity contribution in [2.24, 2.45) is 0 Å². The molecule has 0 fully saturated rings. The Labute approximate surface area is 115 Å². The summed E-state index contributed by atoms with van der Waals surface area (Å²) in [7, 11) is 0. The smallest absolute Gasteiger partial charge is 0.258 e. The third-order valence-corrected chi connectivity index (χ3v) is 2.74. The lowest BCUT2D eigenvalue weighted by Gasteiger charge is -2.04. The predicted octanol–water partition coefficient (Wildman–Crippen LogP) is 2.88. The second kappa shape index (κ2) is 5.89. The van der Waals surface area contributed by atoms with Crippen LogP contribution in [0.15, 0.2) is 30.3 Å². The van der Waals surface area contributed by atoms with Gasteiger partial charge in [0.15, 0.2) is 0 Å². The molecule has 1 heterocycles. The Hall–Kier alpha value is -2.81. The summed E-state index contributed by atoms with van der Waals surface area (Å²) in [5.41, 5.74) is 1.90. The van der Waals surface area contributed by atoms with Gasteiger partial charge in [-0.2, -0.15) is 5.26 Å². The van der Waals surface area contributed by atoms with Crippen LogP contribution in [0.25, 0.3) is 11.3 Å². The Bertz CT molecular complexity index is 692. The van der Waals surface area contributed by atoms with Gasteiger partial charge in [-0.3, -0.25) is 10.1 Å². The number of benzene rings is 1. The summed E-state index contributed by atoms with van der Waals surface area (Å²) >= 11 is 0. The fourth-order valence-electron chi connectivity index (χ4n) is 1.86. The highest BCUT2D eigenvalue weighted by molar-refractivity contribution is 5.63. The molecular formula is C14H12N4O2. The number of nitro groups is 1. The largest absolute Gasteiger partial charge is 0.270 e. The number of hydrogen-bond acceptors (Lipinski definition) is 5. The number of nitro benzene ring substituents is 1. The second-order valence-corrected chi connectivity index (χ2v) is 4.24. The molecule has 2 aromatic rings. The molecule has 0 bridgehead atoms. The second-order valence-electron chi connectivity index (χ2n) is 4.24. The molecule has 0 aliphatic heterocycles. The molecule has 2 rings (SSSR count). The van der Waals surface area contributed by atoms with Crippen LogP contribution in [0.3, 0.4) is 0 Å².